The number of aryl methyl sites for hydroxylation is 1. The molecule has 2 aromatic carbocycles. The van der Waals surface area contributed by atoms with Crippen molar-refractivity contribution >= 4 is 51.0 Å². The molecule has 0 saturated heterocycles. The zero-order valence-corrected chi connectivity index (χ0v) is 24.5. The number of nitrogens with two attached hydrogens (primary N) is 1. The molecular formula is C28H30IN3O2S2. The van der Waals surface area contributed by atoms with Crippen LogP contribution in [0.1, 0.15) is 31.7 Å². The number of fused-ring (bicyclic) bond motifs is 2. The Hall–Kier alpha value is -2.30. The second kappa shape index (κ2) is 11.4. The van der Waals surface area contributed by atoms with Crippen molar-refractivity contribution in [3.8, 4) is 5.75 Å². The van der Waals surface area contributed by atoms with Gasteiger partial charge in [0.1, 0.15) is 17.0 Å². The van der Waals surface area contributed by atoms with E-state index in [1.54, 1.807) is 30.2 Å². The molecule has 0 radical (unpaired) electrons. The summed E-state index contributed by atoms with van der Waals surface area (Å²) in [5.74, 6) is 0.415. The van der Waals surface area contributed by atoms with E-state index in [9.17, 15) is 4.79 Å². The van der Waals surface area contributed by atoms with Crippen molar-refractivity contribution in [2.75, 3.05) is 18.6 Å². The number of aromatic nitrogens is 1. The third kappa shape index (κ3) is 5.21. The van der Waals surface area contributed by atoms with Crippen LogP contribution in [0.15, 0.2) is 75.7 Å². The van der Waals surface area contributed by atoms with Crippen LogP contribution in [-0.2, 0) is 11.3 Å². The van der Waals surface area contributed by atoms with Crippen LogP contribution in [0.2, 0.25) is 0 Å². The standard InChI is InChI=1S/C28H29N3O2S2.HI/c1-4-30-22-8-6-7-9-24(22)34-26(30)15-18-12-19(14-20(13-18)28(29)32)16-27-31(5-2)23-17-21(33-3)10-11-25(23)35-27;/h6-12,15-17,20H,4-5,13-14H2,1-3H3,(H-,29,32);1H. The number of benzene rings is 2. The van der Waals surface area contributed by atoms with Crippen LogP contribution in [0, 0.1) is 5.92 Å². The number of rotatable bonds is 6. The maximum Gasteiger partial charge on any atom is 0.263 e. The molecule has 1 unspecified atom stereocenters. The highest BCUT2D eigenvalue weighted by atomic mass is 127. The number of nitrogens with zero attached hydrogens (tertiary/aromatic N) is 2. The Labute approximate surface area is 237 Å². The van der Waals surface area contributed by atoms with Crippen molar-refractivity contribution in [3.63, 3.8) is 0 Å². The second-order valence-electron chi connectivity index (χ2n) is 8.76. The van der Waals surface area contributed by atoms with E-state index in [-0.39, 0.29) is 35.8 Å². The maximum atomic E-state index is 12.3. The minimum absolute atomic E-state index is 0. The molecule has 0 spiro atoms. The fourth-order valence-electron chi connectivity index (χ4n) is 4.84. The molecule has 8 heteroatoms. The molecule has 1 aliphatic heterocycles. The summed E-state index contributed by atoms with van der Waals surface area (Å²) < 4.78 is 9.05. The number of carbonyl (C=O) groups excluding carboxylic acids is 1. The van der Waals surface area contributed by atoms with Crippen molar-refractivity contribution in [2.24, 2.45) is 11.7 Å². The number of thiazole rings is 1. The number of thioether (sulfide) groups is 1. The topological polar surface area (TPSA) is 59.4 Å². The monoisotopic (exact) mass is 631 g/mol. The van der Waals surface area contributed by atoms with Gasteiger partial charge in [0.2, 0.25) is 11.4 Å². The molecule has 0 bridgehead atoms. The summed E-state index contributed by atoms with van der Waals surface area (Å²) in [6.07, 6.45) is 8.04. The van der Waals surface area contributed by atoms with E-state index >= 15 is 0 Å². The zero-order chi connectivity index (χ0) is 24.5. The molecule has 36 heavy (non-hydrogen) atoms. The fourth-order valence-corrected chi connectivity index (χ4v) is 7.23. The number of hydrogen-bond donors (Lipinski definition) is 1. The Morgan fingerprint density at radius 3 is 2.72 bits per heavy atom. The van der Waals surface area contributed by atoms with Crippen molar-refractivity contribution in [2.45, 2.75) is 38.1 Å². The lowest BCUT2D eigenvalue weighted by Gasteiger charge is -2.23. The lowest BCUT2D eigenvalue weighted by Crippen LogP contribution is -3.00. The van der Waals surface area contributed by atoms with Gasteiger partial charge in [0.15, 0.2) is 0 Å². The van der Waals surface area contributed by atoms with Gasteiger partial charge < -0.3 is 39.3 Å². The van der Waals surface area contributed by atoms with Crippen molar-refractivity contribution in [3.05, 3.63) is 75.8 Å². The molecule has 3 aromatic rings. The first-order valence-electron chi connectivity index (χ1n) is 12.0. The van der Waals surface area contributed by atoms with Crippen molar-refractivity contribution in [1.29, 1.82) is 0 Å². The Morgan fingerprint density at radius 1 is 1.19 bits per heavy atom. The highest BCUT2D eigenvalue weighted by Crippen LogP contribution is 2.48. The third-order valence-corrected chi connectivity index (χ3v) is 8.79. The number of methoxy groups -OCH3 is 1. The largest absolute Gasteiger partial charge is 1.00 e. The molecule has 5 nitrogen and oxygen atoms in total. The maximum absolute atomic E-state index is 12.3. The minimum Gasteiger partial charge on any atom is -1.00 e. The van der Waals surface area contributed by atoms with Crippen LogP contribution in [0.5, 0.6) is 5.75 Å². The predicted octanol–water partition coefficient (Wildman–Crippen LogP) is 2.90. The first kappa shape index (κ1) is 26.8. The van der Waals surface area contributed by atoms with Gasteiger partial charge in [-0.1, -0.05) is 41.3 Å². The lowest BCUT2D eigenvalue weighted by atomic mass is 9.85. The Morgan fingerprint density at radius 2 is 2.00 bits per heavy atom. The van der Waals surface area contributed by atoms with Gasteiger partial charge in [0, 0.05) is 35.6 Å². The van der Waals surface area contributed by atoms with Crippen LogP contribution in [0.25, 0.3) is 16.3 Å². The van der Waals surface area contributed by atoms with Gasteiger partial charge in [-0.3, -0.25) is 4.79 Å². The van der Waals surface area contributed by atoms with Crippen LogP contribution in [-0.4, -0.2) is 19.6 Å². The fraction of sp³-hybridized carbons (Fsp3) is 0.286. The molecule has 1 atom stereocenters. The SMILES string of the molecule is CCN1/C(=C/C2=CC(=C/c3sc4ccccc4[n+]3CC)/CC(C(N)=O)C2)Sc2ccc(OC)cc21.[I-]. The minimum atomic E-state index is -0.237. The Kier molecular flexibility index (Phi) is 8.47. The average molecular weight is 632 g/mol. The van der Waals surface area contributed by atoms with Crippen LogP contribution in [0.3, 0.4) is 0 Å². The zero-order valence-electron chi connectivity index (χ0n) is 20.7. The normalized spacial score (nSPS) is 19.4. The summed E-state index contributed by atoms with van der Waals surface area (Å²) in [4.78, 5) is 15.8. The number of hydrogen-bond acceptors (Lipinski definition) is 5. The van der Waals surface area contributed by atoms with Crippen molar-refractivity contribution in [1.82, 2.24) is 0 Å². The number of para-hydroxylation sites is 1. The number of primary amides is 1. The molecule has 1 aromatic heterocycles. The summed E-state index contributed by atoms with van der Waals surface area (Å²) in [5, 5.41) is 2.36. The number of carbonyl (C=O) groups is 1. The molecule has 1 amide bonds. The van der Waals surface area contributed by atoms with Crippen LogP contribution < -0.4 is 43.9 Å². The van der Waals surface area contributed by atoms with Crippen LogP contribution in [0.4, 0.5) is 5.69 Å². The third-order valence-electron chi connectivity index (χ3n) is 6.56. The number of anilines is 1. The smallest absolute Gasteiger partial charge is 0.263 e. The molecule has 0 saturated carbocycles. The van der Waals surface area contributed by atoms with Gasteiger partial charge in [-0.15, -0.1) is 0 Å². The van der Waals surface area contributed by atoms with Gasteiger partial charge in [-0.05, 0) is 62.1 Å². The Balaban J connectivity index is 0.00000304. The van der Waals surface area contributed by atoms with Gasteiger partial charge >= 0.3 is 0 Å². The summed E-state index contributed by atoms with van der Waals surface area (Å²) in [6, 6.07) is 14.7. The summed E-state index contributed by atoms with van der Waals surface area (Å²) >= 11 is 3.55. The highest BCUT2D eigenvalue weighted by molar-refractivity contribution is 8.03. The van der Waals surface area contributed by atoms with Gasteiger partial charge in [0.05, 0.1) is 17.8 Å². The van der Waals surface area contributed by atoms with Gasteiger partial charge in [-0.2, -0.15) is 4.57 Å². The Bertz CT molecular complexity index is 1390. The van der Waals surface area contributed by atoms with Crippen LogP contribution >= 0.6 is 23.1 Å². The molecule has 2 N–H and O–H groups in total. The van der Waals surface area contributed by atoms with E-state index < -0.39 is 0 Å². The first-order chi connectivity index (χ1) is 17.0. The molecule has 0 fully saturated rings. The lowest BCUT2D eigenvalue weighted by molar-refractivity contribution is -0.665. The second-order valence-corrected chi connectivity index (χ2v) is 10.9. The molecule has 5 rings (SSSR count). The van der Waals surface area contributed by atoms with Crippen molar-refractivity contribution < 1.29 is 38.1 Å². The molecule has 2 heterocycles. The van der Waals surface area contributed by atoms with Gasteiger partial charge in [0.25, 0.3) is 5.01 Å². The number of ether oxygens (including phenoxy) is 1. The molecular weight excluding hydrogens is 601 g/mol. The molecule has 2 aliphatic rings. The molecule has 1 aliphatic carbocycles. The summed E-state index contributed by atoms with van der Waals surface area (Å²) in [5.41, 5.74) is 10.5. The first-order valence-corrected chi connectivity index (χ1v) is 13.6. The van der Waals surface area contributed by atoms with E-state index in [0.29, 0.717) is 12.8 Å². The summed E-state index contributed by atoms with van der Waals surface area (Å²) in [7, 11) is 1.69. The predicted molar refractivity (Wildman–Crippen MR) is 146 cm³/mol. The quantitative estimate of drug-likeness (QED) is 0.336. The average Bonchev–Trinajstić information content (AvgIpc) is 3.39. The number of allylic oxidation sites excluding steroid dienone is 4. The van der Waals surface area contributed by atoms with E-state index in [0.717, 1.165) is 40.7 Å². The van der Waals surface area contributed by atoms with E-state index in [4.69, 9.17) is 10.5 Å². The number of halogens is 1. The molecule has 188 valence electrons. The highest BCUT2D eigenvalue weighted by Gasteiger charge is 2.28. The van der Waals surface area contributed by atoms with E-state index in [1.807, 2.05) is 6.07 Å². The van der Waals surface area contributed by atoms with E-state index in [1.165, 1.54) is 20.1 Å². The van der Waals surface area contributed by atoms with Gasteiger partial charge in [-0.25, -0.2) is 0 Å². The summed E-state index contributed by atoms with van der Waals surface area (Å²) in [6.45, 7) is 6.07. The van der Waals surface area contributed by atoms with E-state index in [2.05, 4.69) is 77.9 Å². The number of amides is 1.